The Morgan fingerprint density at radius 2 is 1.74 bits per heavy atom. The van der Waals surface area contributed by atoms with Gasteiger partial charge in [-0.25, -0.2) is 4.98 Å². The SMILES string of the molecule is CCC(=O)N(C)c1nc2ccccc2n(CC(=O)Nc2ccccc2C(F)(F)F)c1=O. The molecule has 0 atom stereocenters. The van der Waals surface area contributed by atoms with Gasteiger partial charge in [-0.1, -0.05) is 31.2 Å². The van der Waals surface area contributed by atoms with E-state index in [9.17, 15) is 27.6 Å². The standard InChI is InChI=1S/C21H19F3N4O3/c1-3-18(30)27(2)19-20(31)28(16-11-7-6-10-15(16)26-19)12-17(29)25-14-9-5-4-8-13(14)21(22,23)24/h4-11H,3,12H2,1-2H3,(H,25,29). The van der Waals surface area contributed by atoms with Crippen molar-refractivity contribution in [2.45, 2.75) is 26.1 Å². The molecule has 0 spiro atoms. The number of fused-ring (bicyclic) bond motifs is 1. The summed E-state index contributed by atoms with van der Waals surface area (Å²) in [6.07, 6.45) is -4.51. The van der Waals surface area contributed by atoms with Gasteiger partial charge in [-0.05, 0) is 24.3 Å². The molecule has 10 heteroatoms. The van der Waals surface area contributed by atoms with Crippen LogP contribution in [0.3, 0.4) is 0 Å². The average molecular weight is 432 g/mol. The topological polar surface area (TPSA) is 84.3 Å². The van der Waals surface area contributed by atoms with Crippen LogP contribution in [0.25, 0.3) is 11.0 Å². The molecule has 2 aromatic carbocycles. The minimum atomic E-state index is -4.65. The van der Waals surface area contributed by atoms with Gasteiger partial charge in [-0.15, -0.1) is 0 Å². The van der Waals surface area contributed by atoms with Crippen LogP contribution in [0.15, 0.2) is 53.3 Å². The van der Waals surface area contributed by atoms with Crippen LogP contribution < -0.4 is 15.8 Å². The summed E-state index contributed by atoms with van der Waals surface area (Å²) in [7, 11) is 1.40. The minimum absolute atomic E-state index is 0.138. The van der Waals surface area contributed by atoms with Gasteiger partial charge >= 0.3 is 6.18 Å². The number of rotatable bonds is 5. The van der Waals surface area contributed by atoms with Crippen molar-refractivity contribution >= 4 is 34.4 Å². The number of halogens is 3. The third-order valence-corrected chi connectivity index (χ3v) is 4.64. The van der Waals surface area contributed by atoms with Gasteiger partial charge in [0.25, 0.3) is 5.56 Å². The third-order valence-electron chi connectivity index (χ3n) is 4.64. The molecule has 1 heterocycles. The number of anilines is 2. The lowest BCUT2D eigenvalue weighted by atomic mass is 10.1. The van der Waals surface area contributed by atoms with E-state index in [0.717, 1.165) is 21.6 Å². The number of para-hydroxylation sites is 3. The number of nitrogens with zero attached hydrogens (tertiary/aromatic N) is 3. The summed E-state index contributed by atoms with van der Waals surface area (Å²) < 4.78 is 40.7. The first-order valence-electron chi connectivity index (χ1n) is 9.35. The maximum Gasteiger partial charge on any atom is 0.418 e. The summed E-state index contributed by atoms with van der Waals surface area (Å²) >= 11 is 0. The molecule has 2 amide bonds. The van der Waals surface area contributed by atoms with Gasteiger partial charge < -0.3 is 5.32 Å². The zero-order chi connectivity index (χ0) is 22.8. The molecule has 0 aliphatic carbocycles. The van der Waals surface area contributed by atoms with Crippen LogP contribution in [-0.4, -0.2) is 28.4 Å². The number of hydrogen-bond acceptors (Lipinski definition) is 4. The summed E-state index contributed by atoms with van der Waals surface area (Å²) in [5.41, 5.74) is -1.44. The second-order valence-corrected chi connectivity index (χ2v) is 6.71. The van der Waals surface area contributed by atoms with Crippen molar-refractivity contribution in [1.82, 2.24) is 9.55 Å². The van der Waals surface area contributed by atoms with Crippen molar-refractivity contribution in [1.29, 1.82) is 0 Å². The zero-order valence-corrected chi connectivity index (χ0v) is 16.7. The molecule has 1 aromatic heterocycles. The molecule has 0 saturated heterocycles. The van der Waals surface area contributed by atoms with Crippen molar-refractivity contribution in [2.24, 2.45) is 0 Å². The Bertz CT molecular complexity index is 1200. The van der Waals surface area contributed by atoms with Crippen molar-refractivity contribution in [3.05, 3.63) is 64.4 Å². The molecule has 0 saturated carbocycles. The highest BCUT2D eigenvalue weighted by atomic mass is 19.4. The highest BCUT2D eigenvalue weighted by Crippen LogP contribution is 2.34. The van der Waals surface area contributed by atoms with Crippen molar-refractivity contribution in [3.8, 4) is 0 Å². The Morgan fingerprint density at radius 1 is 1.10 bits per heavy atom. The normalized spacial score (nSPS) is 11.4. The van der Waals surface area contributed by atoms with Crippen LogP contribution in [0.1, 0.15) is 18.9 Å². The van der Waals surface area contributed by atoms with E-state index in [2.05, 4.69) is 10.3 Å². The van der Waals surface area contributed by atoms with Crippen molar-refractivity contribution in [2.75, 3.05) is 17.3 Å². The van der Waals surface area contributed by atoms with Crippen LogP contribution >= 0.6 is 0 Å². The number of carbonyl (C=O) groups is 2. The molecule has 0 unspecified atom stereocenters. The van der Waals surface area contributed by atoms with Gasteiger partial charge in [0, 0.05) is 13.5 Å². The van der Waals surface area contributed by atoms with Crippen molar-refractivity contribution in [3.63, 3.8) is 0 Å². The molecule has 0 fully saturated rings. The first kappa shape index (κ1) is 22.0. The van der Waals surface area contributed by atoms with E-state index in [-0.39, 0.29) is 18.1 Å². The fraction of sp³-hybridized carbons (Fsp3) is 0.238. The number of hydrogen-bond donors (Lipinski definition) is 1. The Hall–Kier alpha value is -3.69. The Morgan fingerprint density at radius 3 is 2.42 bits per heavy atom. The molecular formula is C21H19F3N4O3. The van der Waals surface area contributed by atoms with Gasteiger partial charge in [0.1, 0.15) is 6.54 Å². The summed E-state index contributed by atoms with van der Waals surface area (Å²) in [5.74, 6) is -1.35. The molecule has 0 bridgehead atoms. The van der Waals surface area contributed by atoms with Gasteiger partial charge in [0.2, 0.25) is 17.6 Å². The average Bonchev–Trinajstić information content (AvgIpc) is 2.74. The Kier molecular flexibility index (Phi) is 6.09. The summed E-state index contributed by atoms with van der Waals surface area (Å²) in [6, 6.07) is 11.0. The lowest BCUT2D eigenvalue weighted by Gasteiger charge is -2.18. The number of benzene rings is 2. The number of nitrogens with one attached hydrogen (secondary N) is 1. The molecule has 7 nitrogen and oxygen atoms in total. The predicted molar refractivity (Wildman–Crippen MR) is 110 cm³/mol. The van der Waals surface area contributed by atoms with Gasteiger partial charge in [0.05, 0.1) is 22.3 Å². The zero-order valence-electron chi connectivity index (χ0n) is 16.7. The van der Waals surface area contributed by atoms with E-state index in [1.54, 1.807) is 31.2 Å². The lowest BCUT2D eigenvalue weighted by Crippen LogP contribution is -2.36. The van der Waals surface area contributed by atoms with Gasteiger partial charge in [0.15, 0.2) is 0 Å². The first-order valence-corrected chi connectivity index (χ1v) is 9.35. The molecular weight excluding hydrogens is 413 g/mol. The molecule has 0 aliphatic rings. The third kappa shape index (κ3) is 4.57. The van der Waals surface area contributed by atoms with Gasteiger partial charge in [-0.3, -0.25) is 23.9 Å². The highest BCUT2D eigenvalue weighted by Gasteiger charge is 2.33. The molecule has 1 N–H and O–H groups in total. The molecule has 0 aliphatic heterocycles. The van der Waals surface area contributed by atoms with E-state index < -0.39 is 35.4 Å². The number of aromatic nitrogens is 2. The van der Waals surface area contributed by atoms with E-state index in [4.69, 9.17) is 0 Å². The summed E-state index contributed by atoms with van der Waals surface area (Å²) in [4.78, 5) is 43.0. The molecule has 3 aromatic rings. The molecule has 0 radical (unpaired) electrons. The number of amides is 2. The predicted octanol–water partition coefficient (Wildman–Crippen LogP) is 3.43. The van der Waals surface area contributed by atoms with Crippen LogP contribution in [-0.2, 0) is 22.3 Å². The lowest BCUT2D eigenvalue weighted by molar-refractivity contribution is -0.137. The van der Waals surface area contributed by atoms with Crippen LogP contribution in [0.5, 0.6) is 0 Å². The fourth-order valence-corrected chi connectivity index (χ4v) is 3.08. The number of carbonyl (C=O) groups excluding carboxylic acids is 2. The monoisotopic (exact) mass is 432 g/mol. The first-order chi connectivity index (χ1) is 14.6. The molecule has 31 heavy (non-hydrogen) atoms. The fourth-order valence-electron chi connectivity index (χ4n) is 3.08. The second kappa shape index (κ2) is 8.58. The van der Waals surface area contributed by atoms with E-state index in [1.807, 2.05) is 0 Å². The molecule has 3 rings (SSSR count). The van der Waals surface area contributed by atoms with E-state index in [0.29, 0.717) is 11.0 Å². The molecule has 162 valence electrons. The Balaban J connectivity index is 2.02. The van der Waals surface area contributed by atoms with Crippen LogP contribution in [0.4, 0.5) is 24.7 Å². The summed E-state index contributed by atoms with van der Waals surface area (Å²) in [6.45, 7) is 1.07. The quantitative estimate of drug-likeness (QED) is 0.670. The van der Waals surface area contributed by atoms with Gasteiger partial charge in [-0.2, -0.15) is 13.2 Å². The highest BCUT2D eigenvalue weighted by molar-refractivity contribution is 5.94. The maximum absolute atomic E-state index is 13.2. The largest absolute Gasteiger partial charge is 0.418 e. The Labute approximate surface area is 175 Å². The second-order valence-electron chi connectivity index (χ2n) is 6.71. The maximum atomic E-state index is 13.2. The minimum Gasteiger partial charge on any atom is -0.324 e. The van der Waals surface area contributed by atoms with E-state index in [1.165, 1.54) is 19.2 Å². The smallest absolute Gasteiger partial charge is 0.324 e. The number of alkyl halides is 3. The van der Waals surface area contributed by atoms with Crippen molar-refractivity contribution < 1.29 is 22.8 Å². The van der Waals surface area contributed by atoms with Crippen LogP contribution in [0.2, 0.25) is 0 Å². The van der Waals surface area contributed by atoms with E-state index >= 15 is 0 Å². The summed E-state index contributed by atoms with van der Waals surface area (Å²) in [5, 5.41) is 2.22. The van der Waals surface area contributed by atoms with Crippen LogP contribution in [0, 0.1) is 0 Å².